The molecule has 1 aromatic carbocycles. The second-order valence-corrected chi connectivity index (χ2v) is 6.74. The summed E-state index contributed by atoms with van der Waals surface area (Å²) in [6.07, 6.45) is 4.65. The van der Waals surface area contributed by atoms with Crippen molar-refractivity contribution in [2.24, 2.45) is 0 Å². The Hall–Kier alpha value is -2.83. The molecule has 1 atom stereocenters. The largest absolute Gasteiger partial charge is 0.442 e. The van der Waals surface area contributed by atoms with E-state index in [1.165, 1.54) is 11.1 Å². The van der Waals surface area contributed by atoms with Gasteiger partial charge < -0.3 is 10.1 Å². The molecule has 1 aliphatic heterocycles. The molecular weight excluding hydrogens is 332 g/mol. The van der Waals surface area contributed by atoms with Crippen molar-refractivity contribution in [3.63, 3.8) is 0 Å². The average molecular weight is 354 g/mol. The van der Waals surface area contributed by atoms with Crippen LogP contribution in [0.15, 0.2) is 24.4 Å². The van der Waals surface area contributed by atoms with Crippen LogP contribution in [-0.2, 0) is 22.4 Å². The van der Waals surface area contributed by atoms with E-state index in [1.54, 1.807) is 11.8 Å². The summed E-state index contributed by atoms with van der Waals surface area (Å²) in [7, 11) is 0. The first-order chi connectivity index (χ1) is 12.7. The number of amides is 2. The van der Waals surface area contributed by atoms with Crippen molar-refractivity contribution in [3.05, 3.63) is 35.5 Å². The number of H-pyrrole nitrogens is 1. The van der Waals surface area contributed by atoms with Crippen LogP contribution in [-0.4, -0.2) is 41.4 Å². The normalized spacial score (nSPS) is 18.7. The van der Waals surface area contributed by atoms with Crippen LogP contribution in [0, 0.1) is 0 Å². The van der Waals surface area contributed by atoms with Crippen LogP contribution in [0.4, 0.5) is 10.5 Å². The number of cyclic esters (lactones) is 1. The summed E-state index contributed by atoms with van der Waals surface area (Å²) in [5.74, 6) is -0.0418. The number of rotatable bonds is 4. The van der Waals surface area contributed by atoms with E-state index in [1.807, 2.05) is 18.3 Å². The molecule has 2 aliphatic rings. The van der Waals surface area contributed by atoms with Crippen molar-refractivity contribution in [2.75, 3.05) is 18.0 Å². The summed E-state index contributed by atoms with van der Waals surface area (Å²) in [5, 5.41) is 10.0. The number of benzene rings is 1. The van der Waals surface area contributed by atoms with Crippen LogP contribution in [0.1, 0.15) is 30.9 Å². The zero-order valence-corrected chi connectivity index (χ0v) is 14.7. The highest BCUT2D eigenvalue weighted by Crippen LogP contribution is 2.34. The number of carbonyl (C=O) groups excluding carboxylic acids is 2. The number of carbonyl (C=O) groups is 2. The molecule has 1 aromatic heterocycles. The molecule has 136 valence electrons. The van der Waals surface area contributed by atoms with E-state index in [2.05, 4.69) is 21.6 Å². The maximum absolute atomic E-state index is 12.3. The maximum atomic E-state index is 12.3. The number of hydrogen-bond acceptors (Lipinski definition) is 4. The van der Waals surface area contributed by atoms with Gasteiger partial charge >= 0.3 is 6.09 Å². The lowest BCUT2D eigenvalue weighted by molar-refractivity contribution is -0.121. The lowest BCUT2D eigenvalue weighted by Crippen LogP contribution is -2.34. The maximum Gasteiger partial charge on any atom is 0.414 e. The standard InChI is InChI=1S/C19H22N4O3/c1-2-17(24)20-10-15-11-23(19(25)26-15)14-6-7-16-12(8-14)4-3-5-13-9-21-22-18(13)16/h6-9,15H,2-5,10-11H2,1H3,(H,20,24)(H,21,22). The van der Waals surface area contributed by atoms with Crippen molar-refractivity contribution < 1.29 is 14.3 Å². The van der Waals surface area contributed by atoms with Crippen LogP contribution in [0.5, 0.6) is 0 Å². The summed E-state index contributed by atoms with van der Waals surface area (Å²) >= 11 is 0. The van der Waals surface area contributed by atoms with Crippen LogP contribution in [0.25, 0.3) is 11.3 Å². The molecular formula is C19H22N4O3. The zero-order valence-electron chi connectivity index (χ0n) is 14.7. The SMILES string of the molecule is CCC(=O)NCC1CN(c2ccc3c(c2)CCCc2cn[nH]c2-3)C(=O)O1. The molecule has 1 unspecified atom stereocenters. The quantitative estimate of drug-likeness (QED) is 0.883. The number of nitrogens with zero attached hydrogens (tertiary/aromatic N) is 2. The molecule has 0 radical (unpaired) electrons. The number of fused-ring (bicyclic) bond motifs is 3. The fraction of sp³-hybridized carbons (Fsp3) is 0.421. The van der Waals surface area contributed by atoms with E-state index in [9.17, 15) is 9.59 Å². The molecule has 26 heavy (non-hydrogen) atoms. The summed E-state index contributed by atoms with van der Waals surface area (Å²) in [5.41, 5.74) is 5.51. The van der Waals surface area contributed by atoms with Crippen molar-refractivity contribution in [3.8, 4) is 11.3 Å². The molecule has 0 bridgehead atoms. The highest BCUT2D eigenvalue weighted by atomic mass is 16.6. The van der Waals surface area contributed by atoms with Gasteiger partial charge in [0.1, 0.15) is 6.10 Å². The molecule has 1 fully saturated rings. The fourth-order valence-electron chi connectivity index (χ4n) is 3.59. The third kappa shape index (κ3) is 3.05. The minimum Gasteiger partial charge on any atom is -0.442 e. The molecule has 4 rings (SSSR count). The van der Waals surface area contributed by atoms with Gasteiger partial charge in [0, 0.05) is 17.7 Å². The summed E-state index contributed by atoms with van der Waals surface area (Å²) in [6.45, 7) is 2.58. The van der Waals surface area contributed by atoms with Gasteiger partial charge in [0.15, 0.2) is 0 Å². The number of nitrogens with one attached hydrogen (secondary N) is 2. The molecule has 2 amide bonds. The predicted octanol–water partition coefficient (Wildman–Crippen LogP) is 2.42. The van der Waals surface area contributed by atoms with Crippen LogP contribution < -0.4 is 10.2 Å². The van der Waals surface area contributed by atoms with Gasteiger partial charge in [-0.25, -0.2) is 4.79 Å². The molecule has 2 heterocycles. The van der Waals surface area contributed by atoms with E-state index in [0.717, 1.165) is 36.2 Å². The molecule has 0 saturated carbocycles. The second-order valence-electron chi connectivity index (χ2n) is 6.74. The molecule has 2 aromatic rings. The first kappa shape index (κ1) is 16.6. The minimum atomic E-state index is -0.364. The number of hydrogen-bond donors (Lipinski definition) is 2. The molecule has 7 heteroatoms. The Morgan fingerprint density at radius 3 is 3.08 bits per heavy atom. The van der Waals surface area contributed by atoms with Crippen molar-refractivity contribution in [2.45, 2.75) is 38.7 Å². The van der Waals surface area contributed by atoms with Gasteiger partial charge in [0.2, 0.25) is 5.91 Å². The molecule has 2 N–H and O–H groups in total. The Bertz CT molecular complexity index is 845. The van der Waals surface area contributed by atoms with Gasteiger partial charge in [0.05, 0.1) is 25.0 Å². The molecule has 1 aliphatic carbocycles. The minimum absolute atomic E-state index is 0.0418. The lowest BCUT2D eigenvalue weighted by Gasteiger charge is -2.16. The predicted molar refractivity (Wildman–Crippen MR) is 97.0 cm³/mol. The third-order valence-corrected chi connectivity index (χ3v) is 5.00. The van der Waals surface area contributed by atoms with Gasteiger partial charge in [-0.2, -0.15) is 5.10 Å². The van der Waals surface area contributed by atoms with Gasteiger partial charge in [0.25, 0.3) is 0 Å². The van der Waals surface area contributed by atoms with E-state index >= 15 is 0 Å². The number of aromatic amines is 1. The smallest absolute Gasteiger partial charge is 0.414 e. The number of aromatic nitrogens is 2. The molecule has 7 nitrogen and oxygen atoms in total. The van der Waals surface area contributed by atoms with E-state index in [4.69, 9.17) is 4.74 Å². The van der Waals surface area contributed by atoms with Gasteiger partial charge in [-0.1, -0.05) is 13.0 Å². The fourth-order valence-corrected chi connectivity index (χ4v) is 3.59. The highest BCUT2D eigenvalue weighted by molar-refractivity contribution is 5.90. The zero-order chi connectivity index (χ0) is 18.1. The van der Waals surface area contributed by atoms with Crippen LogP contribution in [0.3, 0.4) is 0 Å². The van der Waals surface area contributed by atoms with E-state index in [0.29, 0.717) is 19.5 Å². The Morgan fingerprint density at radius 2 is 2.23 bits per heavy atom. The Kier molecular flexibility index (Phi) is 4.36. The average Bonchev–Trinajstić information content (AvgIpc) is 3.22. The Morgan fingerprint density at radius 1 is 1.38 bits per heavy atom. The third-order valence-electron chi connectivity index (χ3n) is 5.00. The van der Waals surface area contributed by atoms with Crippen LogP contribution in [0.2, 0.25) is 0 Å². The van der Waals surface area contributed by atoms with E-state index in [-0.39, 0.29) is 18.1 Å². The van der Waals surface area contributed by atoms with Crippen molar-refractivity contribution in [1.82, 2.24) is 15.5 Å². The topological polar surface area (TPSA) is 87.3 Å². The molecule has 1 saturated heterocycles. The van der Waals surface area contributed by atoms with Crippen LogP contribution >= 0.6 is 0 Å². The van der Waals surface area contributed by atoms with E-state index < -0.39 is 0 Å². The van der Waals surface area contributed by atoms with Gasteiger partial charge in [-0.05, 0) is 42.5 Å². The summed E-state index contributed by atoms with van der Waals surface area (Å²) in [4.78, 5) is 25.3. The summed E-state index contributed by atoms with van der Waals surface area (Å²) < 4.78 is 5.39. The monoisotopic (exact) mass is 354 g/mol. The number of ether oxygens (including phenoxy) is 1. The van der Waals surface area contributed by atoms with Gasteiger partial charge in [-0.15, -0.1) is 0 Å². The Labute approximate surface area is 151 Å². The lowest BCUT2D eigenvalue weighted by atomic mass is 10.0. The van der Waals surface area contributed by atoms with Crippen molar-refractivity contribution in [1.29, 1.82) is 0 Å². The van der Waals surface area contributed by atoms with Gasteiger partial charge in [-0.3, -0.25) is 14.8 Å². The second kappa shape index (κ2) is 6.82. The molecule has 0 spiro atoms. The number of aryl methyl sites for hydroxylation is 2. The first-order valence-electron chi connectivity index (χ1n) is 9.06. The highest BCUT2D eigenvalue weighted by Gasteiger charge is 2.33. The number of anilines is 1. The Balaban J connectivity index is 1.53. The first-order valence-corrected chi connectivity index (χ1v) is 9.06. The van der Waals surface area contributed by atoms with Crippen molar-refractivity contribution >= 4 is 17.7 Å². The summed E-state index contributed by atoms with van der Waals surface area (Å²) in [6, 6.07) is 6.06.